The number of anilines is 1. The Kier molecular flexibility index (Phi) is 10.3. The Hall–Kier alpha value is -4.90. The Bertz CT molecular complexity index is 1680. The molecule has 4 N–H and O–H groups in total. The summed E-state index contributed by atoms with van der Waals surface area (Å²) in [6.07, 6.45) is -1.44. The van der Waals surface area contributed by atoms with Gasteiger partial charge < -0.3 is 16.2 Å². The fourth-order valence-electron chi connectivity index (χ4n) is 4.22. The van der Waals surface area contributed by atoms with Crippen molar-refractivity contribution in [1.82, 2.24) is 15.3 Å². The van der Waals surface area contributed by atoms with Crippen LogP contribution in [0.3, 0.4) is 0 Å². The van der Waals surface area contributed by atoms with Crippen molar-refractivity contribution in [1.29, 1.82) is 0 Å². The molecule has 1 amide bonds. The van der Waals surface area contributed by atoms with Crippen LogP contribution in [-0.4, -0.2) is 33.5 Å². The van der Waals surface area contributed by atoms with Crippen LogP contribution in [0, 0.1) is 0 Å². The predicted octanol–water partition coefficient (Wildman–Crippen LogP) is 6.62. The number of rotatable bonds is 9. The number of nitrogens with two attached hydrogens (primary N) is 1. The minimum Gasteiger partial charge on any atom is -0.480 e. The number of amides is 1. The fourth-order valence-corrected chi connectivity index (χ4v) is 5.15. The molecule has 5 rings (SSSR count). The summed E-state index contributed by atoms with van der Waals surface area (Å²) in [7, 11) is 0. The number of hydrogen-bond acceptors (Lipinski definition) is 6. The van der Waals surface area contributed by atoms with E-state index in [1.54, 1.807) is 24.3 Å². The van der Waals surface area contributed by atoms with Gasteiger partial charge in [0.15, 0.2) is 0 Å². The summed E-state index contributed by atoms with van der Waals surface area (Å²) >= 11 is 1.29. The number of thioether (sulfide) groups is 1. The van der Waals surface area contributed by atoms with E-state index in [4.69, 9.17) is 10.8 Å². The maximum Gasteiger partial charge on any atom is 0.417 e. The molecule has 0 saturated carbocycles. The molecule has 1 atom stereocenters. The van der Waals surface area contributed by atoms with E-state index in [-0.39, 0.29) is 11.8 Å². The topological polar surface area (TPSA) is 118 Å². The van der Waals surface area contributed by atoms with Gasteiger partial charge in [0.05, 0.1) is 11.3 Å². The third-order valence-corrected chi connectivity index (χ3v) is 7.39. The van der Waals surface area contributed by atoms with E-state index in [9.17, 15) is 22.8 Å². The van der Waals surface area contributed by atoms with Crippen LogP contribution in [0.4, 0.5) is 18.9 Å². The number of carbonyl (C=O) groups excluding carboxylic acids is 1. The molecule has 2 aromatic heterocycles. The Balaban J connectivity index is 0.000000269. The van der Waals surface area contributed by atoms with Crippen molar-refractivity contribution in [2.45, 2.75) is 29.3 Å². The van der Waals surface area contributed by atoms with Crippen molar-refractivity contribution in [3.05, 3.63) is 120 Å². The highest BCUT2D eigenvalue weighted by Crippen LogP contribution is 2.37. The molecule has 0 spiro atoms. The SMILES string of the molecule is Nc1ccc(-c2ccccc2)cc1.O=CNC(Cc1cccc(CSc2cncc3c(C(F)(F)F)cccc23)n1)C(=O)O. The van der Waals surface area contributed by atoms with Crippen LogP contribution in [0.25, 0.3) is 21.9 Å². The standard InChI is InChI=1S/C20H16F3N3O3S.C12H11N/c21-20(22,23)16-6-2-5-14-15(16)8-24-9-18(14)30-10-13-4-1-3-12(26-13)7-17(19(28)29)25-11-27;13-12-8-6-11(7-9-12)10-4-2-1-3-5-10/h1-6,8-9,11,17H,7,10H2,(H,25,27)(H,28,29);1-9H,13H2. The third-order valence-electron chi connectivity index (χ3n) is 6.31. The maximum atomic E-state index is 13.2. The van der Waals surface area contributed by atoms with Gasteiger partial charge in [-0.15, -0.1) is 11.8 Å². The molecule has 0 radical (unpaired) electrons. The second kappa shape index (κ2) is 14.3. The first-order valence-electron chi connectivity index (χ1n) is 13.0. The van der Waals surface area contributed by atoms with Gasteiger partial charge >= 0.3 is 12.1 Å². The number of hydrogen-bond donors (Lipinski definition) is 3. The van der Waals surface area contributed by atoms with Crippen molar-refractivity contribution >= 4 is 40.6 Å². The second-order valence-electron chi connectivity index (χ2n) is 9.31. The first kappa shape index (κ1) is 31.0. The van der Waals surface area contributed by atoms with Gasteiger partial charge in [0.2, 0.25) is 6.41 Å². The van der Waals surface area contributed by atoms with Crippen molar-refractivity contribution in [3.8, 4) is 11.1 Å². The largest absolute Gasteiger partial charge is 0.480 e. The molecule has 1 unspecified atom stereocenters. The quantitative estimate of drug-likeness (QED) is 0.0983. The van der Waals surface area contributed by atoms with Crippen molar-refractivity contribution in [2.24, 2.45) is 0 Å². The lowest BCUT2D eigenvalue weighted by Gasteiger charge is -2.13. The molecule has 0 fully saturated rings. The van der Waals surface area contributed by atoms with Gasteiger partial charge in [-0.05, 0) is 46.8 Å². The third kappa shape index (κ3) is 8.55. The van der Waals surface area contributed by atoms with Gasteiger partial charge in [-0.25, -0.2) is 4.79 Å². The monoisotopic (exact) mass is 604 g/mol. The maximum absolute atomic E-state index is 13.2. The molecule has 3 aromatic carbocycles. The Labute approximate surface area is 250 Å². The highest BCUT2D eigenvalue weighted by atomic mass is 32.2. The lowest BCUT2D eigenvalue weighted by atomic mass is 10.1. The van der Waals surface area contributed by atoms with Gasteiger partial charge in [-0.2, -0.15) is 13.2 Å². The zero-order chi connectivity index (χ0) is 30.8. The fraction of sp³-hybridized carbons (Fsp3) is 0.125. The Morgan fingerprint density at radius 2 is 1.56 bits per heavy atom. The zero-order valence-electron chi connectivity index (χ0n) is 22.7. The van der Waals surface area contributed by atoms with E-state index < -0.39 is 23.8 Å². The predicted molar refractivity (Wildman–Crippen MR) is 161 cm³/mol. The normalized spacial score (nSPS) is 11.7. The number of aromatic nitrogens is 2. The number of carbonyl (C=O) groups is 2. The number of pyridine rings is 2. The van der Waals surface area contributed by atoms with E-state index in [1.807, 2.05) is 42.5 Å². The lowest BCUT2D eigenvalue weighted by molar-refractivity contribution is -0.140. The van der Waals surface area contributed by atoms with Crippen LogP contribution in [0.15, 0.2) is 108 Å². The van der Waals surface area contributed by atoms with Crippen LogP contribution in [-0.2, 0) is 27.9 Å². The molecule has 11 heteroatoms. The Morgan fingerprint density at radius 1 is 0.884 bits per heavy atom. The number of carboxylic acid groups (broad SMARTS) is 1. The van der Waals surface area contributed by atoms with E-state index >= 15 is 0 Å². The van der Waals surface area contributed by atoms with Crippen LogP contribution in [0.2, 0.25) is 0 Å². The van der Waals surface area contributed by atoms with Crippen molar-refractivity contribution in [2.75, 3.05) is 5.73 Å². The van der Waals surface area contributed by atoms with Crippen molar-refractivity contribution < 1.29 is 27.9 Å². The Morgan fingerprint density at radius 3 is 2.23 bits per heavy atom. The summed E-state index contributed by atoms with van der Waals surface area (Å²) in [5, 5.41) is 11.8. The number of carboxylic acids is 1. The minimum atomic E-state index is -4.48. The highest BCUT2D eigenvalue weighted by Gasteiger charge is 2.32. The number of aliphatic carboxylic acids is 1. The number of nitrogen functional groups attached to an aromatic ring is 1. The summed E-state index contributed by atoms with van der Waals surface area (Å²) in [5.74, 6) is -0.824. The van der Waals surface area contributed by atoms with Gasteiger partial charge in [0, 0.05) is 46.2 Å². The molecule has 2 heterocycles. The average Bonchev–Trinajstić information content (AvgIpc) is 3.00. The van der Waals surface area contributed by atoms with E-state index in [1.165, 1.54) is 41.3 Å². The van der Waals surface area contributed by atoms with Gasteiger partial charge in [-0.3, -0.25) is 14.8 Å². The van der Waals surface area contributed by atoms with Gasteiger partial charge in [-0.1, -0.05) is 60.7 Å². The summed E-state index contributed by atoms with van der Waals surface area (Å²) in [5.41, 5.74) is 9.20. The second-order valence-corrected chi connectivity index (χ2v) is 10.3. The molecule has 0 aliphatic heterocycles. The molecule has 0 aliphatic carbocycles. The highest BCUT2D eigenvalue weighted by molar-refractivity contribution is 7.98. The number of nitrogens with zero attached hydrogens (tertiary/aromatic N) is 2. The molecule has 0 aliphatic rings. The number of benzene rings is 3. The molecule has 7 nitrogen and oxygen atoms in total. The van der Waals surface area contributed by atoms with Gasteiger partial charge in [0.25, 0.3) is 0 Å². The van der Waals surface area contributed by atoms with E-state index in [0.29, 0.717) is 33.8 Å². The molecule has 5 aromatic rings. The lowest BCUT2D eigenvalue weighted by Crippen LogP contribution is -2.37. The molecule has 220 valence electrons. The zero-order valence-corrected chi connectivity index (χ0v) is 23.5. The smallest absolute Gasteiger partial charge is 0.417 e. The van der Waals surface area contributed by atoms with Crippen molar-refractivity contribution in [3.63, 3.8) is 0 Å². The van der Waals surface area contributed by atoms with E-state index in [0.717, 1.165) is 11.8 Å². The number of alkyl halides is 3. The summed E-state index contributed by atoms with van der Waals surface area (Å²) < 4.78 is 39.7. The first-order chi connectivity index (χ1) is 20.7. The average molecular weight is 605 g/mol. The van der Waals surface area contributed by atoms with E-state index in [2.05, 4.69) is 27.4 Å². The first-order valence-corrected chi connectivity index (χ1v) is 14.0. The minimum absolute atomic E-state index is 0.0113. The molecule has 43 heavy (non-hydrogen) atoms. The number of nitrogens with one attached hydrogen (secondary N) is 1. The van der Waals surface area contributed by atoms with Crippen LogP contribution in [0.1, 0.15) is 17.0 Å². The molecular weight excluding hydrogens is 577 g/mol. The summed E-state index contributed by atoms with van der Waals surface area (Å²) in [4.78, 5) is 30.6. The van der Waals surface area contributed by atoms with Crippen LogP contribution < -0.4 is 11.1 Å². The summed E-state index contributed by atoms with van der Waals surface area (Å²) in [6.45, 7) is 0. The number of halogens is 3. The number of fused-ring (bicyclic) bond motifs is 1. The molecule has 0 bridgehead atoms. The summed E-state index contributed by atoms with van der Waals surface area (Å²) in [6, 6.07) is 26.2. The molecule has 0 saturated heterocycles. The van der Waals surface area contributed by atoms with Crippen LogP contribution >= 0.6 is 11.8 Å². The van der Waals surface area contributed by atoms with Gasteiger partial charge in [0.1, 0.15) is 6.04 Å². The van der Waals surface area contributed by atoms with Crippen LogP contribution in [0.5, 0.6) is 0 Å². The molecular formula is C32H27F3N4O3S.